The van der Waals surface area contributed by atoms with Gasteiger partial charge in [-0.05, 0) is 25.3 Å². The van der Waals surface area contributed by atoms with E-state index in [0.29, 0.717) is 12.8 Å². The van der Waals surface area contributed by atoms with Gasteiger partial charge in [0.15, 0.2) is 0 Å². The minimum atomic E-state index is -2.43. The first-order valence-corrected chi connectivity index (χ1v) is 6.22. The summed E-state index contributed by atoms with van der Waals surface area (Å²) in [5.74, 6) is -2.43. The van der Waals surface area contributed by atoms with E-state index < -0.39 is 5.92 Å². The van der Waals surface area contributed by atoms with Crippen LogP contribution in [0.15, 0.2) is 24.3 Å². The number of nitrogens with one attached hydrogen (secondary N) is 1. The maximum atomic E-state index is 13.0. The van der Waals surface area contributed by atoms with Crippen molar-refractivity contribution in [2.24, 2.45) is 0 Å². The predicted molar refractivity (Wildman–Crippen MR) is 65.2 cm³/mol. The molecule has 1 saturated carbocycles. The summed E-state index contributed by atoms with van der Waals surface area (Å²) >= 11 is 0. The zero-order valence-electron chi connectivity index (χ0n) is 10.2. The van der Waals surface area contributed by atoms with E-state index in [-0.39, 0.29) is 18.9 Å². The molecule has 1 nitrogen and oxygen atoms in total. The Morgan fingerprint density at radius 3 is 2.35 bits per heavy atom. The van der Waals surface area contributed by atoms with Crippen molar-refractivity contribution in [3.05, 3.63) is 35.4 Å². The lowest BCUT2D eigenvalue weighted by molar-refractivity contribution is -0.0405. The van der Waals surface area contributed by atoms with Crippen molar-refractivity contribution in [2.45, 2.75) is 51.1 Å². The standard InChI is InChI=1S/C14H19F2N/c1-11-2-4-12(5-3-11)10-17-13-6-8-14(15,16)9-7-13/h2-5,13,17H,6-10H2,1H3. The Morgan fingerprint density at radius 2 is 1.76 bits per heavy atom. The lowest BCUT2D eigenvalue weighted by Gasteiger charge is -2.28. The Balaban J connectivity index is 1.78. The topological polar surface area (TPSA) is 12.0 Å². The van der Waals surface area contributed by atoms with Crippen LogP contribution in [0, 0.1) is 6.92 Å². The van der Waals surface area contributed by atoms with Crippen molar-refractivity contribution < 1.29 is 8.78 Å². The summed E-state index contributed by atoms with van der Waals surface area (Å²) in [5, 5.41) is 3.36. The summed E-state index contributed by atoms with van der Waals surface area (Å²) in [6.45, 7) is 2.83. The SMILES string of the molecule is Cc1ccc(CNC2CCC(F)(F)CC2)cc1. The maximum Gasteiger partial charge on any atom is 0.248 e. The first-order chi connectivity index (χ1) is 8.05. The number of benzene rings is 1. The number of halogens is 2. The Hall–Kier alpha value is -0.960. The van der Waals surface area contributed by atoms with Crippen LogP contribution < -0.4 is 5.32 Å². The monoisotopic (exact) mass is 239 g/mol. The quantitative estimate of drug-likeness (QED) is 0.848. The molecule has 1 aliphatic carbocycles. The highest BCUT2D eigenvalue weighted by atomic mass is 19.3. The van der Waals surface area contributed by atoms with Crippen LogP contribution in [0.3, 0.4) is 0 Å². The molecule has 0 aromatic heterocycles. The zero-order chi connectivity index (χ0) is 12.3. The van der Waals surface area contributed by atoms with Crippen molar-refractivity contribution in [3.63, 3.8) is 0 Å². The van der Waals surface area contributed by atoms with Gasteiger partial charge in [-0.3, -0.25) is 0 Å². The summed E-state index contributed by atoms with van der Waals surface area (Å²) in [6.07, 6.45) is 1.22. The van der Waals surface area contributed by atoms with Gasteiger partial charge >= 0.3 is 0 Å². The Kier molecular flexibility index (Phi) is 3.77. The maximum absolute atomic E-state index is 13.0. The molecule has 94 valence electrons. The molecule has 0 saturated heterocycles. The highest BCUT2D eigenvalue weighted by Gasteiger charge is 2.34. The number of rotatable bonds is 3. The van der Waals surface area contributed by atoms with Gasteiger partial charge in [0.1, 0.15) is 0 Å². The number of hydrogen-bond donors (Lipinski definition) is 1. The highest BCUT2D eigenvalue weighted by Crippen LogP contribution is 2.33. The normalized spacial score (nSPS) is 20.4. The van der Waals surface area contributed by atoms with E-state index in [1.54, 1.807) is 0 Å². The van der Waals surface area contributed by atoms with E-state index in [2.05, 4.69) is 36.5 Å². The third kappa shape index (κ3) is 3.77. The molecule has 1 fully saturated rings. The van der Waals surface area contributed by atoms with Crippen LogP contribution in [0.5, 0.6) is 0 Å². The van der Waals surface area contributed by atoms with Gasteiger partial charge in [0, 0.05) is 25.4 Å². The predicted octanol–water partition coefficient (Wildman–Crippen LogP) is 3.66. The van der Waals surface area contributed by atoms with Crippen LogP contribution in [0.2, 0.25) is 0 Å². The van der Waals surface area contributed by atoms with Crippen LogP contribution in [0.1, 0.15) is 36.8 Å². The Morgan fingerprint density at radius 1 is 1.18 bits per heavy atom. The smallest absolute Gasteiger partial charge is 0.248 e. The summed E-state index contributed by atoms with van der Waals surface area (Å²) in [4.78, 5) is 0. The zero-order valence-corrected chi connectivity index (χ0v) is 10.2. The van der Waals surface area contributed by atoms with Gasteiger partial charge in [-0.2, -0.15) is 0 Å². The molecule has 3 heteroatoms. The lowest BCUT2D eigenvalue weighted by Crippen LogP contribution is -2.36. The molecule has 0 bridgehead atoms. The van der Waals surface area contributed by atoms with Crippen LogP contribution >= 0.6 is 0 Å². The van der Waals surface area contributed by atoms with E-state index in [4.69, 9.17) is 0 Å². The molecule has 1 aliphatic rings. The lowest BCUT2D eigenvalue weighted by atomic mass is 9.92. The largest absolute Gasteiger partial charge is 0.310 e. The number of aryl methyl sites for hydroxylation is 1. The van der Waals surface area contributed by atoms with Crippen molar-refractivity contribution in [1.29, 1.82) is 0 Å². The number of hydrogen-bond acceptors (Lipinski definition) is 1. The Bertz CT molecular complexity index is 349. The summed E-state index contributed by atoms with van der Waals surface area (Å²) in [6, 6.07) is 8.56. The molecule has 17 heavy (non-hydrogen) atoms. The minimum absolute atomic E-state index is 0.0264. The van der Waals surface area contributed by atoms with Gasteiger partial charge in [-0.15, -0.1) is 0 Å². The first-order valence-electron chi connectivity index (χ1n) is 6.22. The summed E-state index contributed by atoms with van der Waals surface area (Å²) < 4.78 is 25.9. The molecule has 0 spiro atoms. The van der Waals surface area contributed by atoms with Crippen LogP contribution in [0.25, 0.3) is 0 Å². The van der Waals surface area contributed by atoms with Gasteiger partial charge in [0.25, 0.3) is 0 Å². The van der Waals surface area contributed by atoms with Crippen LogP contribution in [0.4, 0.5) is 8.78 Å². The van der Waals surface area contributed by atoms with Crippen LogP contribution in [-0.2, 0) is 6.54 Å². The molecule has 0 aliphatic heterocycles. The van der Waals surface area contributed by atoms with E-state index >= 15 is 0 Å². The average Bonchev–Trinajstić information content (AvgIpc) is 2.30. The Labute approximate surface area is 101 Å². The third-order valence-corrected chi connectivity index (χ3v) is 3.43. The van der Waals surface area contributed by atoms with Gasteiger partial charge in [-0.25, -0.2) is 8.78 Å². The van der Waals surface area contributed by atoms with Gasteiger partial charge in [0.05, 0.1) is 0 Å². The fourth-order valence-electron chi connectivity index (χ4n) is 2.21. The fraction of sp³-hybridized carbons (Fsp3) is 0.571. The molecule has 1 aromatic rings. The molecule has 1 aromatic carbocycles. The third-order valence-electron chi connectivity index (χ3n) is 3.43. The van der Waals surface area contributed by atoms with Gasteiger partial charge in [0.2, 0.25) is 5.92 Å². The van der Waals surface area contributed by atoms with Crippen molar-refractivity contribution in [1.82, 2.24) is 5.32 Å². The summed E-state index contributed by atoms with van der Waals surface area (Å²) in [7, 11) is 0. The molecular formula is C14H19F2N. The van der Waals surface area contributed by atoms with Crippen molar-refractivity contribution in [2.75, 3.05) is 0 Å². The second kappa shape index (κ2) is 5.13. The van der Waals surface area contributed by atoms with Gasteiger partial charge in [-0.1, -0.05) is 29.8 Å². The molecule has 1 N–H and O–H groups in total. The first kappa shape index (κ1) is 12.5. The highest BCUT2D eigenvalue weighted by molar-refractivity contribution is 5.21. The molecular weight excluding hydrogens is 220 g/mol. The molecule has 0 radical (unpaired) electrons. The summed E-state index contributed by atoms with van der Waals surface area (Å²) in [5.41, 5.74) is 2.46. The van der Waals surface area contributed by atoms with E-state index in [1.807, 2.05) is 0 Å². The van der Waals surface area contributed by atoms with E-state index in [9.17, 15) is 8.78 Å². The molecule has 0 unspecified atom stereocenters. The molecule has 0 amide bonds. The molecule has 0 heterocycles. The fourth-order valence-corrected chi connectivity index (χ4v) is 2.21. The van der Waals surface area contributed by atoms with E-state index in [1.165, 1.54) is 11.1 Å². The van der Waals surface area contributed by atoms with Crippen molar-refractivity contribution >= 4 is 0 Å². The van der Waals surface area contributed by atoms with Gasteiger partial charge < -0.3 is 5.32 Å². The second-order valence-corrected chi connectivity index (χ2v) is 5.00. The minimum Gasteiger partial charge on any atom is -0.310 e. The molecule has 0 atom stereocenters. The second-order valence-electron chi connectivity index (χ2n) is 5.00. The van der Waals surface area contributed by atoms with E-state index in [0.717, 1.165) is 6.54 Å². The average molecular weight is 239 g/mol. The van der Waals surface area contributed by atoms with Crippen molar-refractivity contribution in [3.8, 4) is 0 Å². The molecule has 2 rings (SSSR count). The van der Waals surface area contributed by atoms with Crippen LogP contribution in [-0.4, -0.2) is 12.0 Å². The number of alkyl halides is 2.